The Bertz CT molecular complexity index is 1870. The normalized spacial score (nSPS) is 25.8. The van der Waals surface area contributed by atoms with Crippen molar-refractivity contribution >= 4 is 37.1 Å². The zero-order valence-electron chi connectivity index (χ0n) is 24.6. The number of sulfone groups is 2. The second-order valence-electron chi connectivity index (χ2n) is 12.3. The average Bonchev–Trinajstić information content (AvgIpc) is 3.01. The fraction of sp³-hybridized carbons (Fsp3) is 0.306. The Morgan fingerprint density at radius 3 is 1.73 bits per heavy atom. The number of fused-ring (bicyclic) bond motifs is 1. The van der Waals surface area contributed by atoms with E-state index < -0.39 is 53.8 Å². The summed E-state index contributed by atoms with van der Waals surface area (Å²) in [5, 5.41) is -1.35. The summed E-state index contributed by atoms with van der Waals surface area (Å²) >= 11 is 6.13. The Morgan fingerprint density at radius 1 is 0.591 bits per heavy atom. The molecule has 8 heteroatoms. The number of hydrogen-bond acceptors (Lipinski definition) is 5. The number of Topliss-reactive ketones (excluding diaryl/α,β-unsaturated/α-hetero) is 1. The molecule has 0 saturated heterocycles. The molecule has 44 heavy (non-hydrogen) atoms. The van der Waals surface area contributed by atoms with Crippen molar-refractivity contribution in [1.82, 2.24) is 0 Å². The van der Waals surface area contributed by atoms with Crippen molar-refractivity contribution in [2.24, 2.45) is 11.8 Å². The third kappa shape index (κ3) is 5.66. The zero-order valence-corrected chi connectivity index (χ0v) is 27.0. The number of benzene rings is 4. The van der Waals surface area contributed by atoms with Gasteiger partial charge in [-0.05, 0) is 80.1 Å². The zero-order chi connectivity index (χ0) is 31.2. The van der Waals surface area contributed by atoms with E-state index in [1.54, 1.807) is 36.4 Å². The lowest BCUT2D eigenvalue weighted by molar-refractivity contribution is -0.128. The van der Waals surface area contributed by atoms with Gasteiger partial charge in [-0.3, -0.25) is 4.79 Å². The Kier molecular flexibility index (Phi) is 8.33. The summed E-state index contributed by atoms with van der Waals surface area (Å²) in [7, 11) is -7.80. The van der Waals surface area contributed by atoms with E-state index >= 15 is 0 Å². The topological polar surface area (TPSA) is 85.3 Å². The van der Waals surface area contributed by atoms with Gasteiger partial charge in [-0.1, -0.05) is 89.5 Å². The molecule has 0 radical (unpaired) electrons. The van der Waals surface area contributed by atoms with Crippen LogP contribution in [-0.2, 0) is 24.5 Å². The van der Waals surface area contributed by atoms with Crippen LogP contribution in [0.15, 0.2) is 113 Å². The van der Waals surface area contributed by atoms with Gasteiger partial charge in [0.25, 0.3) is 0 Å². The molecule has 6 atom stereocenters. The van der Waals surface area contributed by atoms with Crippen LogP contribution < -0.4 is 0 Å². The van der Waals surface area contributed by atoms with Crippen LogP contribution in [0.2, 0.25) is 5.02 Å². The first-order chi connectivity index (χ1) is 21.0. The van der Waals surface area contributed by atoms with Crippen LogP contribution in [0.3, 0.4) is 0 Å². The number of aryl methyl sites for hydroxylation is 2. The van der Waals surface area contributed by atoms with Gasteiger partial charge >= 0.3 is 0 Å². The van der Waals surface area contributed by atoms with Crippen molar-refractivity contribution in [3.8, 4) is 0 Å². The first-order valence-corrected chi connectivity index (χ1v) is 18.4. The van der Waals surface area contributed by atoms with Gasteiger partial charge in [-0.2, -0.15) is 0 Å². The summed E-state index contributed by atoms with van der Waals surface area (Å²) in [4.78, 5) is 14.4. The van der Waals surface area contributed by atoms with Gasteiger partial charge in [-0.15, -0.1) is 0 Å². The van der Waals surface area contributed by atoms with Crippen LogP contribution in [0.25, 0.3) is 0 Å². The highest BCUT2D eigenvalue weighted by molar-refractivity contribution is 7.92. The van der Waals surface area contributed by atoms with Crippen LogP contribution in [0, 0.1) is 25.7 Å². The molecule has 5 nitrogen and oxygen atoms in total. The minimum Gasteiger partial charge on any atom is -0.299 e. The van der Waals surface area contributed by atoms with Crippen LogP contribution in [0.1, 0.15) is 53.4 Å². The maximum Gasteiger partial charge on any atom is 0.182 e. The highest BCUT2D eigenvalue weighted by Gasteiger charge is 2.56. The number of carbonyl (C=O) groups excluding carboxylic acids is 1. The van der Waals surface area contributed by atoms with Gasteiger partial charge in [0.15, 0.2) is 19.7 Å². The molecule has 0 spiro atoms. The van der Waals surface area contributed by atoms with E-state index in [9.17, 15) is 21.6 Å². The van der Waals surface area contributed by atoms with E-state index in [1.807, 2.05) is 68.4 Å². The number of carbonyl (C=O) groups is 1. The lowest BCUT2D eigenvalue weighted by Gasteiger charge is -2.48. The predicted octanol–water partition coefficient (Wildman–Crippen LogP) is 7.51. The quantitative estimate of drug-likeness (QED) is 0.216. The van der Waals surface area contributed by atoms with Gasteiger partial charge < -0.3 is 0 Å². The monoisotopic (exact) mass is 646 g/mol. The van der Waals surface area contributed by atoms with Crippen molar-refractivity contribution in [3.63, 3.8) is 0 Å². The van der Waals surface area contributed by atoms with Gasteiger partial charge in [0.1, 0.15) is 5.78 Å². The third-order valence-electron chi connectivity index (χ3n) is 9.61. The maximum absolute atomic E-state index is 14.6. The summed E-state index contributed by atoms with van der Waals surface area (Å²) in [5.74, 6) is -2.39. The minimum absolute atomic E-state index is 0.0367. The molecule has 0 aliphatic heterocycles. The number of rotatable bonds is 6. The van der Waals surface area contributed by atoms with E-state index in [-0.39, 0.29) is 34.8 Å². The molecule has 228 valence electrons. The van der Waals surface area contributed by atoms with Gasteiger partial charge in [-0.25, -0.2) is 16.8 Å². The Balaban J connectivity index is 1.50. The number of halogens is 1. The number of hydrogen-bond donors (Lipinski definition) is 0. The van der Waals surface area contributed by atoms with Gasteiger partial charge in [0.2, 0.25) is 0 Å². The molecule has 0 amide bonds. The molecule has 4 aromatic rings. The van der Waals surface area contributed by atoms with Crippen molar-refractivity contribution < 1.29 is 21.6 Å². The predicted molar refractivity (Wildman–Crippen MR) is 174 cm³/mol. The molecule has 0 heterocycles. The first-order valence-electron chi connectivity index (χ1n) is 14.9. The third-order valence-corrected chi connectivity index (χ3v) is 14.4. The van der Waals surface area contributed by atoms with E-state index in [0.717, 1.165) is 22.3 Å². The largest absolute Gasteiger partial charge is 0.299 e. The molecular formula is C36H35ClO5S2. The second-order valence-corrected chi connectivity index (χ2v) is 17.0. The molecule has 0 N–H and O–H groups in total. The van der Waals surface area contributed by atoms with Crippen LogP contribution >= 0.6 is 11.6 Å². The van der Waals surface area contributed by atoms with Crippen molar-refractivity contribution in [3.05, 3.63) is 130 Å². The molecule has 2 aliphatic rings. The highest BCUT2D eigenvalue weighted by atomic mass is 35.5. The van der Waals surface area contributed by atoms with E-state index in [0.29, 0.717) is 5.02 Å². The molecule has 0 aromatic heterocycles. The number of ketones is 1. The summed E-state index contributed by atoms with van der Waals surface area (Å²) in [6, 6.07) is 30.2. The van der Waals surface area contributed by atoms with Gasteiger partial charge in [0.05, 0.1) is 20.3 Å². The fourth-order valence-electron chi connectivity index (χ4n) is 7.36. The highest BCUT2D eigenvalue weighted by Crippen LogP contribution is 2.54. The minimum atomic E-state index is -3.96. The Hall–Kier alpha value is -3.26. The first kappa shape index (κ1) is 30.8. The van der Waals surface area contributed by atoms with Crippen LogP contribution in [-0.4, -0.2) is 33.1 Å². The maximum atomic E-state index is 14.6. The average molecular weight is 647 g/mol. The van der Waals surface area contributed by atoms with E-state index in [1.165, 1.54) is 12.1 Å². The molecule has 4 aromatic carbocycles. The summed E-state index contributed by atoms with van der Waals surface area (Å²) in [6.45, 7) is 3.87. The molecule has 2 aliphatic carbocycles. The lowest BCUT2D eigenvalue weighted by atomic mass is 9.61. The van der Waals surface area contributed by atoms with Crippen molar-refractivity contribution in [1.29, 1.82) is 0 Å². The molecule has 6 rings (SSSR count). The summed E-state index contributed by atoms with van der Waals surface area (Å²) in [6.07, 6.45) is 0.373. The Labute approximate surface area is 265 Å². The Morgan fingerprint density at radius 2 is 1.11 bits per heavy atom. The molecule has 6 unspecified atom stereocenters. The van der Waals surface area contributed by atoms with E-state index in [4.69, 9.17) is 11.6 Å². The fourth-order valence-corrected chi connectivity index (χ4v) is 11.8. The molecule has 2 saturated carbocycles. The molecule has 2 fully saturated rings. The van der Waals surface area contributed by atoms with Crippen molar-refractivity contribution in [2.45, 2.75) is 65.2 Å². The van der Waals surface area contributed by atoms with E-state index in [2.05, 4.69) is 0 Å². The standard InChI is InChI=1S/C36H35ClO5S2/c1-23-8-12-26(13-9-23)31-21-34(38)32-22-35(43(39,40)28-16-10-24(2)11-17-28)30(25-6-4-3-5-7-25)20-33(32)36(31)44(41,42)29-18-14-27(37)15-19-29/h3-19,30-33,35-36H,20-22H2,1-2H3. The second kappa shape index (κ2) is 11.9. The van der Waals surface area contributed by atoms with Crippen LogP contribution in [0.5, 0.6) is 0 Å². The SMILES string of the molecule is Cc1ccc(C2CC(=O)C3CC(S(=O)(=O)c4ccc(C)cc4)C(c4ccccc4)CC3C2S(=O)(=O)c2ccc(Cl)cc2)cc1. The summed E-state index contributed by atoms with van der Waals surface area (Å²) < 4.78 is 57.8. The lowest BCUT2D eigenvalue weighted by Crippen LogP contribution is -2.53. The van der Waals surface area contributed by atoms with Gasteiger partial charge in [0, 0.05) is 29.2 Å². The molecular weight excluding hydrogens is 612 g/mol. The van der Waals surface area contributed by atoms with Crippen molar-refractivity contribution in [2.75, 3.05) is 0 Å². The smallest absolute Gasteiger partial charge is 0.182 e. The molecule has 0 bridgehead atoms. The summed E-state index contributed by atoms with van der Waals surface area (Å²) in [5.41, 5.74) is 3.62. The van der Waals surface area contributed by atoms with Crippen LogP contribution in [0.4, 0.5) is 0 Å².